The van der Waals surface area contributed by atoms with E-state index in [1.165, 1.54) is 12.3 Å². The van der Waals surface area contributed by atoms with Gasteiger partial charge in [0.25, 0.3) is 5.91 Å². The molecule has 0 saturated heterocycles. The van der Waals surface area contributed by atoms with E-state index in [1.54, 1.807) is 13.0 Å². The lowest BCUT2D eigenvalue weighted by Crippen LogP contribution is -2.23. The summed E-state index contributed by atoms with van der Waals surface area (Å²) in [6, 6.07) is 5.20. The smallest absolute Gasteiger partial charge is 0.348 e. The Kier molecular flexibility index (Phi) is 4.44. The first-order chi connectivity index (χ1) is 10.3. The average molecular weight is 312 g/mol. The Hall–Kier alpha value is -2.44. The SMILES string of the molecule is Cc1cc(C(=O)NCc2cc(F)cc(C(F)(F)F)c2)ccn1. The summed E-state index contributed by atoms with van der Waals surface area (Å²) in [7, 11) is 0. The molecule has 0 aliphatic heterocycles. The Morgan fingerprint density at radius 1 is 1.23 bits per heavy atom. The van der Waals surface area contributed by atoms with Gasteiger partial charge < -0.3 is 5.32 Å². The predicted octanol–water partition coefficient (Wildman–Crippen LogP) is 3.48. The second kappa shape index (κ2) is 6.13. The predicted molar refractivity (Wildman–Crippen MR) is 71.5 cm³/mol. The third kappa shape index (κ3) is 4.03. The monoisotopic (exact) mass is 312 g/mol. The molecule has 0 radical (unpaired) electrons. The van der Waals surface area contributed by atoms with Gasteiger partial charge in [-0.2, -0.15) is 13.2 Å². The minimum Gasteiger partial charge on any atom is -0.348 e. The van der Waals surface area contributed by atoms with E-state index >= 15 is 0 Å². The first-order valence-electron chi connectivity index (χ1n) is 6.33. The molecule has 2 aromatic rings. The molecule has 1 amide bonds. The number of halogens is 4. The highest BCUT2D eigenvalue weighted by atomic mass is 19.4. The van der Waals surface area contributed by atoms with E-state index in [9.17, 15) is 22.4 Å². The first-order valence-corrected chi connectivity index (χ1v) is 6.33. The summed E-state index contributed by atoms with van der Waals surface area (Å²) in [5.74, 6) is -1.47. The van der Waals surface area contributed by atoms with Gasteiger partial charge in [0.05, 0.1) is 5.56 Å². The molecule has 3 nitrogen and oxygen atoms in total. The van der Waals surface area contributed by atoms with Crippen molar-refractivity contribution in [3.8, 4) is 0 Å². The summed E-state index contributed by atoms with van der Waals surface area (Å²) in [5, 5.41) is 2.45. The van der Waals surface area contributed by atoms with Crippen molar-refractivity contribution in [1.29, 1.82) is 0 Å². The molecule has 0 atom stereocenters. The van der Waals surface area contributed by atoms with Crippen LogP contribution in [-0.4, -0.2) is 10.9 Å². The molecule has 0 aliphatic rings. The maximum Gasteiger partial charge on any atom is 0.416 e. The van der Waals surface area contributed by atoms with E-state index < -0.39 is 23.5 Å². The molecule has 7 heteroatoms. The second-order valence-corrected chi connectivity index (χ2v) is 4.71. The van der Waals surface area contributed by atoms with Crippen LogP contribution in [0.4, 0.5) is 17.6 Å². The maximum atomic E-state index is 13.2. The summed E-state index contributed by atoms with van der Waals surface area (Å²) >= 11 is 0. The highest BCUT2D eigenvalue weighted by Crippen LogP contribution is 2.30. The molecule has 116 valence electrons. The van der Waals surface area contributed by atoms with Crippen LogP contribution in [0.1, 0.15) is 27.2 Å². The van der Waals surface area contributed by atoms with Crippen LogP contribution in [0.2, 0.25) is 0 Å². The number of nitrogens with one attached hydrogen (secondary N) is 1. The number of nitrogens with zero attached hydrogens (tertiary/aromatic N) is 1. The van der Waals surface area contributed by atoms with Crippen molar-refractivity contribution in [1.82, 2.24) is 10.3 Å². The molecule has 1 N–H and O–H groups in total. The lowest BCUT2D eigenvalue weighted by molar-refractivity contribution is -0.137. The summed E-state index contributed by atoms with van der Waals surface area (Å²) in [6.45, 7) is 1.50. The third-order valence-electron chi connectivity index (χ3n) is 2.90. The molecular weight excluding hydrogens is 300 g/mol. The van der Waals surface area contributed by atoms with Gasteiger partial charge >= 0.3 is 6.18 Å². The highest BCUT2D eigenvalue weighted by molar-refractivity contribution is 5.94. The fraction of sp³-hybridized carbons (Fsp3) is 0.200. The Morgan fingerprint density at radius 3 is 2.59 bits per heavy atom. The van der Waals surface area contributed by atoms with Gasteiger partial charge in [0.15, 0.2) is 0 Å². The Morgan fingerprint density at radius 2 is 1.95 bits per heavy atom. The Labute approximate surface area is 124 Å². The van der Waals surface area contributed by atoms with Crippen LogP contribution in [0.25, 0.3) is 0 Å². The maximum absolute atomic E-state index is 13.2. The van der Waals surface area contributed by atoms with Crippen molar-refractivity contribution in [3.05, 3.63) is 64.7 Å². The van der Waals surface area contributed by atoms with E-state index in [0.29, 0.717) is 17.3 Å². The van der Waals surface area contributed by atoms with E-state index in [-0.39, 0.29) is 12.1 Å². The zero-order valence-electron chi connectivity index (χ0n) is 11.5. The number of hydrogen-bond acceptors (Lipinski definition) is 2. The minimum absolute atomic E-state index is 0.0338. The van der Waals surface area contributed by atoms with Gasteiger partial charge in [-0.05, 0) is 42.8 Å². The molecule has 0 spiro atoms. The average Bonchev–Trinajstić information content (AvgIpc) is 2.43. The molecule has 0 saturated carbocycles. The Balaban J connectivity index is 2.12. The molecule has 1 aromatic heterocycles. The minimum atomic E-state index is -4.64. The first kappa shape index (κ1) is 15.9. The number of benzene rings is 1. The fourth-order valence-corrected chi connectivity index (χ4v) is 1.89. The molecule has 0 aliphatic carbocycles. The molecule has 1 heterocycles. The molecule has 22 heavy (non-hydrogen) atoms. The number of alkyl halides is 3. The number of aryl methyl sites for hydroxylation is 1. The summed E-state index contributed by atoms with van der Waals surface area (Å²) in [4.78, 5) is 15.8. The van der Waals surface area contributed by atoms with Crippen LogP contribution in [0.15, 0.2) is 36.5 Å². The van der Waals surface area contributed by atoms with Gasteiger partial charge in [0.2, 0.25) is 0 Å². The fourth-order valence-electron chi connectivity index (χ4n) is 1.89. The third-order valence-corrected chi connectivity index (χ3v) is 2.90. The van der Waals surface area contributed by atoms with Crippen molar-refractivity contribution in [2.75, 3.05) is 0 Å². The summed E-state index contributed by atoms with van der Waals surface area (Å²) < 4.78 is 51.0. The van der Waals surface area contributed by atoms with Crippen LogP contribution in [0, 0.1) is 12.7 Å². The van der Waals surface area contributed by atoms with Gasteiger partial charge in [-0.25, -0.2) is 4.39 Å². The van der Waals surface area contributed by atoms with Crippen LogP contribution >= 0.6 is 0 Å². The normalized spacial score (nSPS) is 11.3. The molecule has 0 bridgehead atoms. The van der Waals surface area contributed by atoms with Crippen molar-refractivity contribution in [3.63, 3.8) is 0 Å². The zero-order valence-corrected chi connectivity index (χ0v) is 11.5. The molecule has 0 unspecified atom stereocenters. The highest BCUT2D eigenvalue weighted by Gasteiger charge is 2.31. The van der Waals surface area contributed by atoms with Gasteiger partial charge in [-0.15, -0.1) is 0 Å². The van der Waals surface area contributed by atoms with Crippen LogP contribution < -0.4 is 5.32 Å². The number of carbonyl (C=O) groups excluding carboxylic acids is 1. The lowest BCUT2D eigenvalue weighted by Gasteiger charge is -2.10. The number of carbonyl (C=O) groups is 1. The number of rotatable bonds is 3. The molecular formula is C15H12F4N2O. The van der Waals surface area contributed by atoms with Crippen molar-refractivity contribution >= 4 is 5.91 Å². The molecule has 2 rings (SSSR count). The van der Waals surface area contributed by atoms with E-state index in [0.717, 1.165) is 12.1 Å². The number of hydrogen-bond donors (Lipinski definition) is 1. The Bertz CT molecular complexity index is 698. The molecule has 0 fully saturated rings. The van der Waals surface area contributed by atoms with E-state index in [1.807, 2.05) is 0 Å². The number of amides is 1. The number of aromatic nitrogens is 1. The van der Waals surface area contributed by atoms with Gasteiger partial charge in [0.1, 0.15) is 5.82 Å². The summed E-state index contributed by atoms with van der Waals surface area (Å²) in [6.07, 6.45) is -3.18. The topological polar surface area (TPSA) is 42.0 Å². The molecule has 1 aromatic carbocycles. The zero-order chi connectivity index (χ0) is 16.3. The van der Waals surface area contributed by atoms with Gasteiger partial charge in [-0.3, -0.25) is 9.78 Å². The van der Waals surface area contributed by atoms with E-state index in [2.05, 4.69) is 10.3 Å². The summed E-state index contributed by atoms with van der Waals surface area (Å²) in [5.41, 5.74) is -0.0827. The second-order valence-electron chi connectivity index (χ2n) is 4.71. The van der Waals surface area contributed by atoms with Gasteiger partial charge in [0, 0.05) is 24.0 Å². The number of pyridine rings is 1. The lowest BCUT2D eigenvalue weighted by atomic mass is 10.1. The van der Waals surface area contributed by atoms with Crippen molar-refractivity contribution < 1.29 is 22.4 Å². The van der Waals surface area contributed by atoms with Crippen LogP contribution in [0.5, 0.6) is 0 Å². The van der Waals surface area contributed by atoms with Crippen molar-refractivity contribution in [2.45, 2.75) is 19.6 Å². The van der Waals surface area contributed by atoms with E-state index in [4.69, 9.17) is 0 Å². The van der Waals surface area contributed by atoms with Crippen LogP contribution in [0.3, 0.4) is 0 Å². The van der Waals surface area contributed by atoms with Gasteiger partial charge in [-0.1, -0.05) is 0 Å². The standard InChI is InChI=1S/C15H12F4N2O/c1-9-4-11(2-3-20-9)14(22)21-8-10-5-12(15(17,18)19)7-13(16)6-10/h2-7H,8H2,1H3,(H,21,22). The van der Waals surface area contributed by atoms with Crippen molar-refractivity contribution in [2.24, 2.45) is 0 Å². The quantitative estimate of drug-likeness (QED) is 0.882. The largest absolute Gasteiger partial charge is 0.416 e. The van der Waals surface area contributed by atoms with Crippen LogP contribution in [-0.2, 0) is 12.7 Å².